The molecule has 2 aromatic heterocycles. The molecule has 2 heterocycles. The van der Waals surface area contributed by atoms with Crippen LogP contribution in [0.25, 0.3) is 78.4 Å². The Kier molecular flexibility index (Phi) is 6.08. The number of furan rings is 1. The van der Waals surface area contributed by atoms with Crippen LogP contribution in [0.4, 0.5) is 0 Å². The first kappa shape index (κ1) is 24.9. The van der Waals surface area contributed by atoms with Crippen LogP contribution in [-0.2, 0) is 0 Å². The smallest absolute Gasteiger partial charge is 0.164 e. The van der Waals surface area contributed by atoms with Gasteiger partial charge >= 0.3 is 0 Å². The zero-order valence-electron chi connectivity index (χ0n) is 23.2. The second-order valence-corrected chi connectivity index (χ2v) is 10.5. The third-order valence-electron chi connectivity index (χ3n) is 7.75. The van der Waals surface area contributed by atoms with E-state index in [0.717, 1.165) is 60.9 Å². The van der Waals surface area contributed by atoms with E-state index in [4.69, 9.17) is 19.4 Å². The summed E-state index contributed by atoms with van der Waals surface area (Å²) < 4.78 is 6.31. The van der Waals surface area contributed by atoms with Gasteiger partial charge in [-0.25, -0.2) is 15.0 Å². The monoisotopic (exact) mass is 551 g/mol. The molecule has 43 heavy (non-hydrogen) atoms. The lowest BCUT2D eigenvalue weighted by Gasteiger charge is -2.10. The van der Waals surface area contributed by atoms with Crippen molar-refractivity contribution >= 4 is 21.9 Å². The number of para-hydroxylation sites is 2. The van der Waals surface area contributed by atoms with Crippen molar-refractivity contribution in [2.75, 3.05) is 0 Å². The molecule has 0 N–H and O–H groups in total. The minimum atomic E-state index is 0.643. The molecule has 0 unspecified atom stereocenters. The molecule has 4 nitrogen and oxygen atoms in total. The molecule has 0 saturated heterocycles. The fourth-order valence-electron chi connectivity index (χ4n) is 5.59. The Hall–Kier alpha value is -5.87. The summed E-state index contributed by atoms with van der Waals surface area (Å²) in [5.41, 5.74) is 9.10. The van der Waals surface area contributed by atoms with Gasteiger partial charge in [0.25, 0.3) is 0 Å². The van der Waals surface area contributed by atoms with E-state index < -0.39 is 0 Å². The molecule has 0 amide bonds. The number of hydrogen-bond acceptors (Lipinski definition) is 4. The number of benzene rings is 6. The first-order valence-corrected chi connectivity index (χ1v) is 14.3. The van der Waals surface area contributed by atoms with Gasteiger partial charge in [-0.3, -0.25) is 0 Å². The summed E-state index contributed by atoms with van der Waals surface area (Å²) in [6.45, 7) is 0. The minimum absolute atomic E-state index is 0.643. The molecule has 0 bridgehead atoms. The van der Waals surface area contributed by atoms with Crippen molar-refractivity contribution in [1.29, 1.82) is 0 Å². The summed E-state index contributed by atoms with van der Waals surface area (Å²) in [6.07, 6.45) is 0. The van der Waals surface area contributed by atoms with Crippen molar-refractivity contribution in [3.05, 3.63) is 152 Å². The number of nitrogens with zero attached hydrogens (tertiary/aromatic N) is 3. The maximum atomic E-state index is 6.31. The van der Waals surface area contributed by atoms with Crippen LogP contribution in [0.1, 0.15) is 0 Å². The van der Waals surface area contributed by atoms with E-state index >= 15 is 0 Å². The highest BCUT2D eigenvalue weighted by atomic mass is 16.3. The molecule has 0 radical (unpaired) electrons. The van der Waals surface area contributed by atoms with Gasteiger partial charge in [-0.05, 0) is 28.8 Å². The first-order valence-electron chi connectivity index (χ1n) is 14.3. The number of rotatable bonds is 5. The van der Waals surface area contributed by atoms with Crippen LogP contribution in [0, 0.1) is 0 Å². The zero-order valence-corrected chi connectivity index (χ0v) is 23.2. The Bertz CT molecular complexity index is 2160. The molecule has 8 rings (SSSR count). The van der Waals surface area contributed by atoms with E-state index in [2.05, 4.69) is 78.9 Å². The van der Waals surface area contributed by atoms with Gasteiger partial charge < -0.3 is 4.42 Å². The van der Waals surface area contributed by atoms with Crippen molar-refractivity contribution < 1.29 is 4.42 Å². The number of fused-ring (bicyclic) bond motifs is 3. The standard InChI is InChI=1S/C39H25N3O/c1-3-11-27(12-4-1)37-40-38(28-13-5-2-6-14-28)42-39(41-37)29-23-21-26(22-24-29)30-15-9-16-31(25-30)32-18-10-19-34-33-17-7-8-20-35(33)43-36(32)34/h1-25H. The third-order valence-corrected chi connectivity index (χ3v) is 7.75. The molecule has 202 valence electrons. The second-order valence-electron chi connectivity index (χ2n) is 10.5. The van der Waals surface area contributed by atoms with Crippen molar-refractivity contribution in [2.24, 2.45) is 0 Å². The van der Waals surface area contributed by atoms with E-state index in [1.807, 2.05) is 72.8 Å². The number of hydrogen-bond donors (Lipinski definition) is 0. The average Bonchev–Trinajstić information content (AvgIpc) is 3.48. The van der Waals surface area contributed by atoms with Crippen LogP contribution in [0.15, 0.2) is 156 Å². The average molecular weight is 552 g/mol. The van der Waals surface area contributed by atoms with E-state index in [9.17, 15) is 0 Å². The van der Waals surface area contributed by atoms with Crippen LogP contribution in [0.5, 0.6) is 0 Å². The van der Waals surface area contributed by atoms with Crippen molar-refractivity contribution in [2.45, 2.75) is 0 Å². The minimum Gasteiger partial charge on any atom is -0.455 e. The van der Waals surface area contributed by atoms with Gasteiger partial charge in [0.15, 0.2) is 17.5 Å². The molecule has 0 atom stereocenters. The normalized spacial score (nSPS) is 11.3. The molecule has 0 fully saturated rings. The zero-order chi connectivity index (χ0) is 28.6. The SMILES string of the molecule is c1ccc(-c2nc(-c3ccccc3)nc(-c3ccc(-c4cccc(-c5cccc6c5oc5ccccc56)c4)cc3)n2)cc1. The topological polar surface area (TPSA) is 51.8 Å². The predicted octanol–water partition coefficient (Wildman–Crippen LogP) is 10.1. The molecule has 6 aromatic carbocycles. The van der Waals surface area contributed by atoms with Crippen LogP contribution in [-0.4, -0.2) is 15.0 Å². The summed E-state index contributed by atoms with van der Waals surface area (Å²) in [4.78, 5) is 14.5. The largest absolute Gasteiger partial charge is 0.455 e. The van der Waals surface area contributed by atoms with Gasteiger partial charge in [-0.2, -0.15) is 0 Å². The summed E-state index contributed by atoms with van der Waals surface area (Å²) in [7, 11) is 0. The molecular weight excluding hydrogens is 526 g/mol. The van der Waals surface area contributed by atoms with E-state index in [1.165, 1.54) is 0 Å². The summed E-state index contributed by atoms with van der Waals surface area (Å²) in [5, 5.41) is 2.26. The van der Waals surface area contributed by atoms with E-state index in [-0.39, 0.29) is 0 Å². The quantitative estimate of drug-likeness (QED) is 0.214. The Balaban J connectivity index is 1.17. The highest BCUT2D eigenvalue weighted by molar-refractivity contribution is 6.09. The molecule has 8 aromatic rings. The summed E-state index contributed by atoms with van der Waals surface area (Å²) in [5.74, 6) is 1.95. The molecule has 0 aliphatic rings. The predicted molar refractivity (Wildman–Crippen MR) is 174 cm³/mol. The van der Waals surface area contributed by atoms with Crippen LogP contribution >= 0.6 is 0 Å². The highest BCUT2D eigenvalue weighted by Crippen LogP contribution is 2.37. The number of aromatic nitrogens is 3. The first-order chi connectivity index (χ1) is 21.3. The van der Waals surface area contributed by atoms with Crippen molar-refractivity contribution in [3.63, 3.8) is 0 Å². The fraction of sp³-hybridized carbons (Fsp3) is 0. The molecule has 0 aliphatic carbocycles. The Morgan fingerprint density at radius 2 is 0.837 bits per heavy atom. The lowest BCUT2D eigenvalue weighted by molar-refractivity contribution is 0.670. The maximum absolute atomic E-state index is 6.31. The third kappa shape index (κ3) is 4.65. The van der Waals surface area contributed by atoms with E-state index in [0.29, 0.717) is 17.5 Å². The van der Waals surface area contributed by atoms with Crippen LogP contribution in [0.3, 0.4) is 0 Å². The van der Waals surface area contributed by atoms with Gasteiger partial charge in [-0.15, -0.1) is 0 Å². The molecule has 4 heteroatoms. The lowest BCUT2D eigenvalue weighted by Crippen LogP contribution is -2.00. The second kappa shape index (κ2) is 10.5. The van der Waals surface area contributed by atoms with Gasteiger partial charge in [0.05, 0.1) is 0 Å². The van der Waals surface area contributed by atoms with Crippen LogP contribution < -0.4 is 0 Å². The molecule has 0 saturated carbocycles. The summed E-state index contributed by atoms with van der Waals surface area (Å²) >= 11 is 0. The van der Waals surface area contributed by atoms with Gasteiger partial charge in [-0.1, -0.05) is 140 Å². The fourth-order valence-corrected chi connectivity index (χ4v) is 5.59. The molecule has 0 spiro atoms. The Morgan fingerprint density at radius 1 is 0.349 bits per heavy atom. The van der Waals surface area contributed by atoms with Crippen LogP contribution in [0.2, 0.25) is 0 Å². The Labute approximate surface area is 249 Å². The Morgan fingerprint density at radius 3 is 1.51 bits per heavy atom. The molecular formula is C39H25N3O. The highest BCUT2D eigenvalue weighted by Gasteiger charge is 2.14. The van der Waals surface area contributed by atoms with Gasteiger partial charge in [0.2, 0.25) is 0 Å². The van der Waals surface area contributed by atoms with Gasteiger partial charge in [0, 0.05) is 33.0 Å². The van der Waals surface area contributed by atoms with Gasteiger partial charge in [0.1, 0.15) is 11.2 Å². The molecule has 0 aliphatic heterocycles. The lowest BCUT2D eigenvalue weighted by atomic mass is 9.97. The van der Waals surface area contributed by atoms with E-state index in [1.54, 1.807) is 0 Å². The summed E-state index contributed by atoms with van der Waals surface area (Å²) in [6, 6.07) is 51.7. The van der Waals surface area contributed by atoms with Crippen molar-refractivity contribution in [3.8, 4) is 56.4 Å². The maximum Gasteiger partial charge on any atom is 0.164 e. The van der Waals surface area contributed by atoms with Crippen molar-refractivity contribution in [1.82, 2.24) is 15.0 Å².